The van der Waals surface area contributed by atoms with Crippen LogP contribution in [0.2, 0.25) is 5.02 Å². The first-order valence-electron chi connectivity index (χ1n) is 5.05. The maximum Gasteiger partial charge on any atom is 0.166 e. The molecule has 0 aliphatic rings. The molecule has 0 spiro atoms. The number of halogens is 1. The molecular formula is C12H17ClOS. The number of rotatable bonds is 2. The average Bonchev–Trinajstić information content (AvgIpc) is 2.20. The summed E-state index contributed by atoms with van der Waals surface area (Å²) in [7, 11) is 0. The molecule has 0 atom stereocenters. The standard InChI is InChI=1S/C10H11ClOS.C2H6/c1-6(2)10(12)8-4-3-7(13)5-9(8)11;1-2/h3-6,13H,1-2H3;1-2H3. The Morgan fingerprint density at radius 3 is 2.27 bits per heavy atom. The Balaban J connectivity index is 0.000000921. The van der Waals surface area contributed by atoms with Gasteiger partial charge in [-0.25, -0.2) is 0 Å². The van der Waals surface area contributed by atoms with Gasteiger partial charge in [-0.1, -0.05) is 39.3 Å². The molecule has 1 aromatic carbocycles. The Morgan fingerprint density at radius 1 is 1.33 bits per heavy atom. The van der Waals surface area contributed by atoms with Gasteiger partial charge in [0.15, 0.2) is 5.78 Å². The fraction of sp³-hybridized carbons (Fsp3) is 0.417. The summed E-state index contributed by atoms with van der Waals surface area (Å²) in [4.78, 5) is 12.3. The van der Waals surface area contributed by atoms with E-state index in [0.29, 0.717) is 10.6 Å². The average molecular weight is 245 g/mol. The molecule has 0 unspecified atom stereocenters. The van der Waals surface area contributed by atoms with E-state index >= 15 is 0 Å². The van der Waals surface area contributed by atoms with Crippen LogP contribution in [0.3, 0.4) is 0 Å². The fourth-order valence-electron chi connectivity index (χ4n) is 1.01. The largest absolute Gasteiger partial charge is 0.294 e. The predicted molar refractivity (Wildman–Crippen MR) is 69.2 cm³/mol. The summed E-state index contributed by atoms with van der Waals surface area (Å²) in [6.45, 7) is 7.71. The first kappa shape index (κ1) is 14.5. The number of benzene rings is 1. The number of thiol groups is 1. The molecule has 15 heavy (non-hydrogen) atoms. The van der Waals surface area contributed by atoms with E-state index in [-0.39, 0.29) is 11.7 Å². The van der Waals surface area contributed by atoms with Crippen molar-refractivity contribution in [3.8, 4) is 0 Å². The maximum absolute atomic E-state index is 11.6. The third kappa shape index (κ3) is 4.27. The van der Waals surface area contributed by atoms with Crippen LogP contribution in [0.25, 0.3) is 0 Å². The van der Waals surface area contributed by atoms with E-state index in [0.717, 1.165) is 4.90 Å². The van der Waals surface area contributed by atoms with Crippen LogP contribution in [0.15, 0.2) is 23.1 Å². The highest BCUT2D eigenvalue weighted by Crippen LogP contribution is 2.22. The van der Waals surface area contributed by atoms with Crippen molar-refractivity contribution in [3.63, 3.8) is 0 Å². The van der Waals surface area contributed by atoms with Crippen molar-refractivity contribution in [2.45, 2.75) is 32.6 Å². The van der Waals surface area contributed by atoms with Crippen LogP contribution in [-0.2, 0) is 0 Å². The molecule has 0 aliphatic carbocycles. The summed E-state index contributed by atoms with van der Waals surface area (Å²) >= 11 is 10.0. The molecule has 1 aromatic rings. The molecular weight excluding hydrogens is 228 g/mol. The summed E-state index contributed by atoms with van der Waals surface area (Å²) in [5.74, 6) is 0.0431. The van der Waals surface area contributed by atoms with Crippen molar-refractivity contribution in [2.75, 3.05) is 0 Å². The molecule has 0 bridgehead atoms. The molecule has 0 aromatic heterocycles. The predicted octanol–water partition coefficient (Wildman–Crippen LogP) is 4.49. The Kier molecular flexibility index (Phi) is 6.70. The van der Waals surface area contributed by atoms with Crippen molar-refractivity contribution in [2.24, 2.45) is 5.92 Å². The Labute approximate surface area is 102 Å². The molecule has 0 heterocycles. The van der Waals surface area contributed by atoms with Crippen LogP contribution < -0.4 is 0 Å². The van der Waals surface area contributed by atoms with E-state index in [4.69, 9.17) is 11.6 Å². The van der Waals surface area contributed by atoms with Gasteiger partial charge in [-0.05, 0) is 18.2 Å². The second-order valence-electron chi connectivity index (χ2n) is 3.18. The van der Waals surface area contributed by atoms with E-state index in [1.807, 2.05) is 27.7 Å². The molecule has 1 rings (SSSR count). The van der Waals surface area contributed by atoms with Crippen LogP contribution >= 0.6 is 24.2 Å². The summed E-state index contributed by atoms with van der Waals surface area (Å²) in [5, 5.41) is 0.478. The highest BCUT2D eigenvalue weighted by molar-refractivity contribution is 7.80. The number of hydrogen-bond acceptors (Lipinski definition) is 2. The van der Waals surface area contributed by atoms with Gasteiger partial charge < -0.3 is 0 Å². The van der Waals surface area contributed by atoms with Gasteiger partial charge in [0.25, 0.3) is 0 Å². The van der Waals surface area contributed by atoms with E-state index in [9.17, 15) is 4.79 Å². The van der Waals surface area contributed by atoms with E-state index in [1.54, 1.807) is 18.2 Å². The van der Waals surface area contributed by atoms with Crippen molar-refractivity contribution < 1.29 is 4.79 Å². The lowest BCUT2D eigenvalue weighted by Crippen LogP contribution is -2.07. The SMILES string of the molecule is CC.CC(C)C(=O)c1ccc(S)cc1Cl. The van der Waals surface area contributed by atoms with Crippen LogP contribution in [0.5, 0.6) is 0 Å². The van der Waals surface area contributed by atoms with E-state index in [2.05, 4.69) is 12.6 Å². The van der Waals surface area contributed by atoms with Gasteiger partial charge in [0.1, 0.15) is 0 Å². The quantitative estimate of drug-likeness (QED) is 0.599. The van der Waals surface area contributed by atoms with Crippen molar-refractivity contribution in [3.05, 3.63) is 28.8 Å². The zero-order chi connectivity index (χ0) is 12.0. The highest BCUT2D eigenvalue weighted by Gasteiger charge is 2.13. The third-order valence-electron chi connectivity index (χ3n) is 1.74. The van der Waals surface area contributed by atoms with Crippen LogP contribution in [0.1, 0.15) is 38.1 Å². The van der Waals surface area contributed by atoms with Gasteiger partial charge >= 0.3 is 0 Å². The van der Waals surface area contributed by atoms with Crippen molar-refractivity contribution >= 4 is 30.0 Å². The maximum atomic E-state index is 11.6. The Bertz CT molecular complexity index is 334. The topological polar surface area (TPSA) is 17.1 Å². The number of carbonyl (C=O) groups excluding carboxylic acids is 1. The summed E-state index contributed by atoms with van der Waals surface area (Å²) < 4.78 is 0. The summed E-state index contributed by atoms with van der Waals surface area (Å²) in [5.41, 5.74) is 0.578. The van der Waals surface area contributed by atoms with Crippen molar-refractivity contribution in [1.82, 2.24) is 0 Å². The van der Waals surface area contributed by atoms with Gasteiger partial charge in [-0.3, -0.25) is 4.79 Å². The van der Waals surface area contributed by atoms with Crippen LogP contribution in [-0.4, -0.2) is 5.78 Å². The summed E-state index contributed by atoms with van der Waals surface area (Å²) in [6.07, 6.45) is 0. The van der Waals surface area contributed by atoms with Gasteiger partial charge in [-0.15, -0.1) is 12.6 Å². The van der Waals surface area contributed by atoms with Gasteiger partial charge in [0.05, 0.1) is 5.02 Å². The van der Waals surface area contributed by atoms with Crippen LogP contribution in [0.4, 0.5) is 0 Å². The normalized spacial score (nSPS) is 9.53. The fourth-order valence-corrected chi connectivity index (χ4v) is 1.57. The number of hydrogen-bond donors (Lipinski definition) is 1. The molecule has 3 heteroatoms. The lowest BCUT2D eigenvalue weighted by atomic mass is 10.0. The monoisotopic (exact) mass is 244 g/mol. The Morgan fingerprint density at radius 2 is 1.87 bits per heavy atom. The first-order chi connectivity index (χ1) is 7.02. The molecule has 0 fully saturated rings. The third-order valence-corrected chi connectivity index (χ3v) is 2.33. The minimum atomic E-state index is -0.0248. The van der Waals surface area contributed by atoms with Gasteiger partial charge in [0.2, 0.25) is 0 Å². The van der Waals surface area contributed by atoms with E-state index in [1.165, 1.54) is 0 Å². The summed E-state index contributed by atoms with van der Waals surface area (Å²) in [6, 6.07) is 5.16. The lowest BCUT2D eigenvalue weighted by Gasteiger charge is -2.06. The first-order valence-corrected chi connectivity index (χ1v) is 5.87. The molecule has 1 nitrogen and oxygen atoms in total. The van der Waals surface area contributed by atoms with Crippen LogP contribution in [0, 0.1) is 5.92 Å². The molecule has 0 saturated carbocycles. The second-order valence-corrected chi connectivity index (χ2v) is 4.11. The molecule has 0 N–H and O–H groups in total. The highest BCUT2D eigenvalue weighted by atomic mass is 35.5. The van der Waals surface area contributed by atoms with Gasteiger partial charge in [0, 0.05) is 16.4 Å². The zero-order valence-corrected chi connectivity index (χ0v) is 11.2. The number of ketones is 1. The molecule has 0 radical (unpaired) electrons. The second kappa shape index (κ2) is 6.91. The minimum Gasteiger partial charge on any atom is -0.294 e. The Hall–Kier alpha value is -0.470. The molecule has 0 amide bonds. The zero-order valence-electron chi connectivity index (χ0n) is 9.54. The van der Waals surface area contributed by atoms with Gasteiger partial charge in [-0.2, -0.15) is 0 Å². The smallest absolute Gasteiger partial charge is 0.166 e. The lowest BCUT2D eigenvalue weighted by molar-refractivity contribution is 0.0939. The van der Waals surface area contributed by atoms with Crippen molar-refractivity contribution in [1.29, 1.82) is 0 Å². The van der Waals surface area contributed by atoms with E-state index < -0.39 is 0 Å². The molecule has 0 saturated heterocycles. The molecule has 0 aliphatic heterocycles. The molecule has 84 valence electrons. The number of carbonyl (C=O) groups is 1. The number of Topliss-reactive ketones (excluding diaryl/α,β-unsaturated/α-hetero) is 1. The minimum absolute atomic E-state index is 0.0248.